The monoisotopic (exact) mass is 400 g/mol. The lowest BCUT2D eigenvalue weighted by atomic mass is 9.47. The average Bonchev–Trinajstić information content (AvgIpc) is 2.99. The van der Waals surface area contributed by atoms with Crippen molar-refractivity contribution in [1.29, 1.82) is 0 Å². The van der Waals surface area contributed by atoms with Gasteiger partial charge in [-0.3, -0.25) is 9.59 Å². The topological polar surface area (TPSA) is 43.4 Å². The van der Waals surface area contributed by atoms with E-state index < -0.39 is 0 Å². The van der Waals surface area contributed by atoms with E-state index >= 15 is 0 Å². The van der Waals surface area contributed by atoms with Crippen LogP contribution in [0.2, 0.25) is 0 Å². The normalized spacial score (nSPS) is 46.2. The van der Waals surface area contributed by atoms with E-state index in [9.17, 15) is 9.59 Å². The van der Waals surface area contributed by atoms with Gasteiger partial charge in [-0.1, -0.05) is 45.8 Å². The molecule has 3 heteroatoms. The van der Waals surface area contributed by atoms with E-state index in [0.717, 1.165) is 43.9 Å². The molecule has 4 aliphatic rings. The van der Waals surface area contributed by atoms with Crippen LogP contribution in [-0.2, 0) is 14.3 Å². The van der Waals surface area contributed by atoms with E-state index in [0.29, 0.717) is 24.0 Å². The summed E-state index contributed by atoms with van der Waals surface area (Å²) in [5.74, 6) is 3.36. The Kier molecular flexibility index (Phi) is 5.49. The third-order valence-electron chi connectivity index (χ3n) is 9.79. The predicted octanol–water partition coefficient (Wildman–Crippen LogP) is 6.11. The molecule has 0 aromatic carbocycles. The molecule has 0 spiro atoms. The molecule has 0 heterocycles. The third kappa shape index (κ3) is 3.22. The largest absolute Gasteiger partial charge is 0.462 e. The molecular formula is C26H40O3. The van der Waals surface area contributed by atoms with Crippen molar-refractivity contribution < 1.29 is 14.3 Å². The standard InChI is InChI=1S/C26H40O3/c1-6-17-14-22-20-9-8-18-15-19(29-16(3)27)10-12-25(18,4)21(20)11-13-26(22,5)24(17)23(28)7-2/h8,17,19-22,24H,6-7,9-15H2,1-5H3/t17-,19-,20-,21-,22-,24-,25+,26+/m1/s1. The molecule has 29 heavy (non-hydrogen) atoms. The van der Waals surface area contributed by atoms with Crippen LogP contribution >= 0.6 is 0 Å². The van der Waals surface area contributed by atoms with Crippen molar-refractivity contribution in [2.75, 3.05) is 0 Å². The van der Waals surface area contributed by atoms with Crippen LogP contribution in [0.3, 0.4) is 0 Å². The Morgan fingerprint density at radius 1 is 1.14 bits per heavy atom. The molecule has 4 aliphatic carbocycles. The number of rotatable bonds is 4. The molecule has 162 valence electrons. The van der Waals surface area contributed by atoms with Crippen LogP contribution in [0, 0.1) is 40.4 Å². The second-order valence-electron chi connectivity index (χ2n) is 11.0. The van der Waals surface area contributed by atoms with Gasteiger partial charge in [0, 0.05) is 25.7 Å². The molecule has 8 atom stereocenters. The van der Waals surface area contributed by atoms with Gasteiger partial charge >= 0.3 is 5.97 Å². The van der Waals surface area contributed by atoms with Crippen molar-refractivity contribution in [3.8, 4) is 0 Å². The van der Waals surface area contributed by atoms with E-state index in [1.807, 2.05) is 0 Å². The Morgan fingerprint density at radius 2 is 1.90 bits per heavy atom. The number of hydrogen-bond acceptors (Lipinski definition) is 3. The van der Waals surface area contributed by atoms with Crippen molar-refractivity contribution >= 4 is 11.8 Å². The maximum Gasteiger partial charge on any atom is 0.302 e. The highest BCUT2D eigenvalue weighted by molar-refractivity contribution is 5.82. The van der Waals surface area contributed by atoms with E-state index in [2.05, 4.69) is 33.8 Å². The fourth-order valence-corrected chi connectivity index (χ4v) is 8.39. The molecule has 4 rings (SSSR count). The van der Waals surface area contributed by atoms with Crippen molar-refractivity contribution in [2.24, 2.45) is 40.4 Å². The summed E-state index contributed by atoms with van der Waals surface area (Å²) in [4.78, 5) is 24.4. The number of allylic oxidation sites excluding steroid dienone is 1. The summed E-state index contributed by atoms with van der Waals surface area (Å²) in [7, 11) is 0. The molecule has 0 aromatic heterocycles. The number of Topliss-reactive ketones (excluding diaryl/α,β-unsaturated/α-hetero) is 1. The van der Waals surface area contributed by atoms with Crippen LogP contribution in [0.1, 0.15) is 92.4 Å². The fraction of sp³-hybridized carbons (Fsp3) is 0.846. The van der Waals surface area contributed by atoms with Gasteiger partial charge in [0.25, 0.3) is 0 Å². The molecule has 0 aromatic rings. The molecular weight excluding hydrogens is 360 g/mol. The minimum Gasteiger partial charge on any atom is -0.462 e. The van der Waals surface area contributed by atoms with Crippen LogP contribution < -0.4 is 0 Å². The van der Waals surface area contributed by atoms with Crippen LogP contribution in [0.25, 0.3) is 0 Å². The van der Waals surface area contributed by atoms with E-state index in [1.165, 1.54) is 26.2 Å². The highest BCUT2D eigenvalue weighted by atomic mass is 16.5. The molecule has 3 nitrogen and oxygen atoms in total. The first kappa shape index (κ1) is 21.1. The van der Waals surface area contributed by atoms with E-state index in [4.69, 9.17) is 4.74 Å². The highest BCUT2D eigenvalue weighted by Gasteiger charge is 2.61. The van der Waals surface area contributed by atoms with Gasteiger partial charge in [0.1, 0.15) is 11.9 Å². The molecule has 0 aliphatic heterocycles. The maximum absolute atomic E-state index is 13.0. The quantitative estimate of drug-likeness (QED) is 0.422. The first-order chi connectivity index (χ1) is 13.7. The summed E-state index contributed by atoms with van der Waals surface area (Å²) < 4.78 is 5.57. The Morgan fingerprint density at radius 3 is 2.55 bits per heavy atom. The van der Waals surface area contributed by atoms with Crippen LogP contribution in [0.5, 0.6) is 0 Å². The molecule has 3 saturated carbocycles. The second-order valence-corrected chi connectivity index (χ2v) is 11.0. The van der Waals surface area contributed by atoms with Crippen molar-refractivity contribution in [1.82, 2.24) is 0 Å². The van der Waals surface area contributed by atoms with Gasteiger partial charge in [-0.05, 0) is 73.0 Å². The fourth-order valence-electron chi connectivity index (χ4n) is 8.39. The number of carbonyl (C=O) groups excluding carboxylic acids is 2. The number of ketones is 1. The first-order valence-electron chi connectivity index (χ1n) is 12.1. The summed E-state index contributed by atoms with van der Waals surface area (Å²) in [6.07, 6.45) is 12.3. The Hall–Kier alpha value is -1.12. The summed E-state index contributed by atoms with van der Waals surface area (Å²) in [5.41, 5.74) is 2.01. The van der Waals surface area contributed by atoms with Gasteiger partial charge in [0.2, 0.25) is 0 Å². The average molecular weight is 401 g/mol. The zero-order valence-corrected chi connectivity index (χ0v) is 19.1. The molecule has 0 bridgehead atoms. The summed E-state index contributed by atoms with van der Waals surface area (Å²) >= 11 is 0. The molecule has 3 fully saturated rings. The van der Waals surface area contributed by atoms with Crippen molar-refractivity contribution in [3.05, 3.63) is 11.6 Å². The van der Waals surface area contributed by atoms with Gasteiger partial charge in [0.15, 0.2) is 0 Å². The van der Waals surface area contributed by atoms with Gasteiger partial charge in [-0.25, -0.2) is 0 Å². The number of hydrogen-bond donors (Lipinski definition) is 0. The highest BCUT2D eigenvalue weighted by Crippen LogP contribution is 2.67. The van der Waals surface area contributed by atoms with Crippen molar-refractivity contribution in [2.45, 2.75) is 98.5 Å². The SMILES string of the molecule is CCC(=O)[C@H]1[C@H](CC)C[C@@H]2[C@@H]3CC=C4C[C@H](OC(C)=O)CC[C@]4(C)[C@@H]3CC[C@@]21C. The molecule has 0 N–H and O–H groups in total. The molecule has 0 radical (unpaired) electrons. The minimum atomic E-state index is -0.149. The van der Waals surface area contributed by atoms with Crippen LogP contribution in [0.4, 0.5) is 0 Å². The lowest BCUT2D eigenvalue weighted by molar-refractivity contribution is -0.149. The lowest BCUT2D eigenvalue weighted by Crippen LogP contribution is -2.51. The maximum atomic E-state index is 13.0. The lowest BCUT2D eigenvalue weighted by Gasteiger charge is -2.58. The number of fused-ring (bicyclic) bond motifs is 5. The first-order valence-corrected chi connectivity index (χ1v) is 12.1. The summed E-state index contributed by atoms with van der Waals surface area (Å²) in [6, 6.07) is 0. The Labute approximate surface area is 177 Å². The van der Waals surface area contributed by atoms with Gasteiger partial charge < -0.3 is 4.74 Å². The molecule has 0 unspecified atom stereocenters. The number of esters is 1. The Balaban J connectivity index is 1.61. The second kappa shape index (κ2) is 7.54. The van der Waals surface area contributed by atoms with E-state index in [-0.39, 0.29) is 28.8 Å². The minimum absolute atomic E-state index is 0.0692. The zero-order valence-electron chi connectivity index (χ0n) is 19.1. The third-order valence-corrected chi connectivity index (χ3v) is 9.79. The summed E-state index contributed by atoms with van der Waals surface area (Å²) in [6.45, 7) is 10.8. The number of ether oxygens (including phenoxy) is 1. The summed E-state index contributed by atoms with van der Waals surface area (Å²) in [5, 5.41) is 0. The van der Waals surface area contributed by atoms with Gasteiger partial charge in [-0.15, -0.1) is 0 Å². The van der Waals surface area contributed by atoms with Crippen LogP contribution in [-0.4, -0.2) is 17.9 Å². The zero-order chi connectivity index (χ0) is 21.0. The van der Waals surface area contributed by atoms with Crippen LogP contribution in [0.15, 0.2) is 11.6 Å². The van der Waals surface area contributed by atoms with Gasteiger partial charge in [-0.2, -0.15) is 0 Å². The predicted molar refractivity (Wildman–Crippen MR) is 115 cm³/mol. The molecule has 0 amide bonds. The Bertz CT molecular complexity index is 709. The smallest absolute Gasteiger partial charge is 0.302 e. The van der Waals surface area contributed by atoms with E-state index in [1.54, 1.807) is 5.57 Å². The van der Waals surface area contributed by atoms with Gasteiger partial charge in [0.05, 0.1) is 0 Å². The number of carbonyl (C=O) groups is 2. The molecule has 0 saturated heterocycles. The van der Waals surface area contributed by atoms with Crippen molar-refractivity contribution in [3.63, 3.8) is 0 Å².